The van der Waals surface area contributed by atoms with Crippen LogP contribution in [0, 0.1) is 12.3 Å². The Balaban J connectivity index is 1.36. The van der Waals surface area contributed by atoms with Crippen molar-refractivity contribution < 1.29 is 32.1 Å². The first kappa shape index (κ1) is 19.8. The van der Waals surface area contributed by atoms with Crippen LogP contribution in [0.2, 0.25) is 0 Å². The molecule has 0 spiro atoms. The SMILES string of the molecule is C#Cc1ccc(C2OC[C@H]3O[C@@H](c4ccc(OC(F)(F)F)cc4)CC[C@@H]3O2)cc1. The highest BCUT2D eigenvalue weighted by molar-refractivity contribution is 5.34. The van der Waals surface area contributed by atoms with Gasteiger partial charge in [-0.05, 0) is 42.7 Å². The fourth-order valence-electron chi connectivity index (χ4n) is 3.59. The van der Waals surface area contributed by atoms with E-state index in [0.717, 1.165) is 23.1 Å². The van der Waals surface area contributed by atoms with Crippen molar-refractivity contribution >= 4 is 0 Å². The van der Waals surface area contributed by atoms with Crippen molar-refractivity contribution in [1.82, 2.24) is 0 Å². The molecule has 0 amide bonds. The lowest BCUT2D eigenvalue weighted by Crippen LogP contribution is -2.45. The van der Waals surface area contributed by atoms with Crippen LogP contribution in [0.15, 0.2) is 48.5 Å². The highest BCUT2D eigenvalue weighted by Gasteiger charge is 2.39. The number of hydrogen-bond donors (Lipinski definition) is 0. The molecule has 0 radical (unpaired) electrons. The standard InChI is InChI=1S/C22H19F3O4/c1-2-14-3-5-16(6-4-14)21-26-13-20-19(28-21)12-11-18(27-20)15-7-9-17(10-8-15)29-22(23,24)25/h1,3-10,18-21H,11-13H2/t18-,19+,20-,21?/m1/s1. The fraction of sp³-hybridized carbons (Fsp3) is 0.364. The third kappa shape index (κ3) is 4.73. The monoisotopic (exact) mass is 404 g/mol. The van der Waals surface area contributed by atoms with Gasteiger partial charge in [0.15, 0.2) is 6.29 Å². The molecule has 2 aromatic rings. The average molecular weight is 404 g/mol. The van der Waals surface area contributed by atoms with E-state index in [1.165, 1.54) is 12.1 Å². The van der Waals surface area contributed by atoms with Gasteiger partial charge in [-0.15, -0.1) is 19.6 Å². The van der Waals surface area contributed by atoms with E-state index in [-0.39, 0.29) is 24.1 Å². The number of halogens is 3. The van der Waals surface area contributed by atoms with Crippen molar-refractivity contribution in [2.75, 3.05) is 6.61 Å². The molecule has 152 valence electrons. The van der Waals surface area contributed by atoms with E-state index in [4.69, 9.17) is 20.6 Å². The van der Waals surface area contributed by atoms with Crippen LogP contribution in [-0.4, -0.2) is 25.2 Å². The summed E-state index contributed by atoms with van der Waals surface area (Å²) in [4.78, 5) is 0. The third-order valence-electron chi connectivity index (χ3n) is 5.01. The Morgan fingerprint density at radius 3 is 2.24 bits per heavy atom. The zero-order chi connectivity index (χ0) is 20.4. The predicted octanol–water partition coefficient (Wildman–Crippen LogP) is 4.90. The maximum Gasteiger partial charge on any atom is 0.573 e. The summed E-state index contributed by atoms with van der Waals surface area (Å²) in [6.45, 7) is 0.373. The van der Waals surface area contributed by atoms with Gasteiger partial charge in [0.2, 0.25) is 0 Å². The minimum absolute atomic E-state index is 0.106. The van der Waals surface area contributed by atoms with Gasteiger partial charge < -0.3 is 18.9 Å². The van der Waals surface area contributed by atoms with Crippen molar-refractivity contribution in [2.45, 2.75) is 43.8 Å². The Morgan fingerprint density at radius 2 is 1.59 bits per heavy atom. The van der Waals surface area contributed by atoms with E-state index in [1.54, 1.807) is 12.1 Å². The largest absolute Gasteiger partial charge is 0.573 e. The van der Waals surface area contributed by atoms with Crippen LogP contribution in [-0.2, 0) is 14.2 Å². The topological polar surface area (TPSA) is 36.9 Å². The van der Waals surface area contributed by atoms with Gasteiger partial charge in [-0.25, -0.2) is 0 Å². The molecule has 4 nitrogen and oxygen atoms in total. The molecule has 4 atom stereocenters. The molecular formula is C22H19F3O4. The Labute approximate surface area is 166 Å². The lowest BCUT2D eigenvalue weighted by molar-refractivity contribution is -0.289. The lowest BCUT2D eigenvalue weighted by Gasteiger charge is -2.42. The first-order chi connectivity index (χ1) is 13.9. The molecular weight excluding hydrogens is 385 g/mol. The van der Waals surface area contributed by atoms with Crippen LogP contribution in [0.3, 0.4) is 0 Å². The highest BCUT2D eigenvalue weighted by Crippen LogP contribution is 2.39. The molecule has 1 unspecified atom stereocenters. The summed E-state index contributed by atoms with van der Waals surface area (Å²) in [7, 11) is 0. The summed E-state index contributed by atoms with van der Waals surface area (Å²) < 4.78 is 58.8. The molecule has 4 rings (SSSR count). The van der Waals surface area contributed by atoms with E-state index in [1.807, 2.05) is 24.3 Å². The quantitative estimate of drug-likeness (QED) is 0.682. The normalized spacial score (nSPS) is 27.0. The van der Waals surface area contributed by atoms with E-state index < -0.39 is 12.7 Å². The molecule has 0 aromatic heterocycles. The van der Waals surface area contributed by atoms with Crippen molar-refractivity contribution in [3.8, 4) is 18.1 Å². The molecule has 0 aliphatic carbocycles. The van der Waals surface area contributed by atoms with Crippen LogP contribution < -0.4 is 4.74 Å². The average Bonchev–Trinajstić information content (AvgIpc) is 2.72. The fourth-order valence-corrected chi connectivity index (χ4v) is 3.59. The molecule has 2 aromatic carbocycles. The van der Waals surface area contributed by atoms with E-state index in [2.05, 4.69) is 10.7 Å². The second kappa shape index (κ2) is 8.07. The van der Waals surface area contributed by atoms with Gasteiger partial charge in [0, 0.05) is 11.1 Å². The van der Waals surface area contributed by atoms with Crippen LogP contribution in [0.5, 0.6) is 5.75 Å². The minimum atomic E-state index is -4.70. The smallest absolute Gasteiger partial charge is 0.406 e. The summed E-state index contributed by atoms with van der Waals surface area (Å²) in [5.41, 5.74) is 2.48. The maximum atomic E-state index is 12.3. The molecule has 2 aliphatic rings. The molecule has 2 heterocycles. The van der Waals surface area contributed by atoms with Gasteiger partial charge in [-0.1, -0.05) is 30.2 Å². The van der Waals surface area contributed by atoms with E-state index in [9.17, 15) is 13.2 Å². The Bertz CT molecular complexity index is 871. The van der Waals surface area contributed by atoms with Gasteiger partial charge in [0.05, 0.1) is 18.8 Å². The van der Waals surface area contributed by atoms with Crippen molar-refractivity contribution in [2.24, 2.45) is 0 Å². The van der Waals surface area contributed by atoms with Gasteiger partial charge >= 0.3 is 6.36 Å². The van der Waals surface area contributed by atoms with Crippen LogP contribution in [0.25, 0.3) is 0 Å². The number of terminal acetylenes is 1. The zero-order valence-corrected chi connectivity index (χ0v) is 15.4. The maximum absolute atomic E-state index is 12.3. The summed E-state index contributed by atoms with van der Waals surface area (Å²) in [6.07, 6.45) is 1.09. The van der Waals surface area contributed by atoms with Crippen molar-refractivity contribution in [3.63, 3.8) is 0 Å². The number of ether oxygens (including phenoxy) is 4. The van der Waals surface area contributed by atoms with Gasteiger partial charge in [-0.3, -0.25) is 0 Å². The summed E-state index contributed by atoms with van der Waals surface area (Å²) >= 11 is 0. The first-order valence-electron chi connectivity index (χ1n) is 9.26. The van der Waals surface area contributed by atoms with Crippen LogP contribution in [0.1, 0.15) is 41.9 Å². The molecule has 0 bridgehead atoms. The molecule has 0 N–H and O–H groups in total. The number of fused-ring (bicyclic) bond motifs is 1. The number of rotatable bonds is 3. The predicted molar refractivity (Wildman–Crippen MR) is 97.9 cm³/mol. The Kier molecular flexibility index (Phi) is 5.50. The summed E-state index contributed by atoms with van der Waals surface area (Å²) in [5, 5.41) is 0. The highest BCUT2D eigenvalue weighted by atomic mass is 19.4. The van der Waals surface area contributed by atoms with Gasteiger partial charge in [0.1, 0.15) is 11.9 Å². The van der Waals surface area contributed by atoms with Crippen LogP contribution >= 0.6 is 0 Å². The summed E-state index contributed by atoms with van der Waals surface area (Å²) in [6, 6.07) is 13.2. The number of alkyl halides is 3. The third-order valence-corrected chi connectivity index (χ3v) is 5.01. The summed E-state index contributed by atoms with van der Waals surface area (Å²) in [5.74, 6) is 2.32. The molecule has 2 fully saturated rings. The molecule has 2 aliphatic heterocycles. The van der Waals surface area contributed by atoms with E-state index in [0.29, 0.717) is 13.0 Å². The van der Waals surface area contributed by atoms with Gasteiger partial charge in [0.25, 0.3) is 0 Å². The van der Waals surface area contributed by atoms with Crippen molar-refractivity contribution in [1.29, 1.82) is 0 Å². The van der Waals surface area contributed by atoms with Crippen molar-refractivity contribution in [3.05, 3.63) is 65.2 Å². The molecule has 29 heavy (non-hydrogen) atoms. The molecule has 7 heteroatoms. The van der Waals surface area contributed by atoms with Crippen LogP contribution in [0.4, 0.5) is 13.2 Å². The minimum Gasteiger partial charge on any atom is -0.406 e. The lowest BCUT2D eigenvalue weighted by atomic mass is 9.95. The molecule has 0 saturated carbocycles. The zero-order valence-electron chi connectivity index (χ0n) is 15.4. The first-order valence-corrected chi connectivity index (χ1v) is 9.26. The number of hydrogen-bond acceptors (Lipinski definition) is 4. The Hall–Kier alpha value is -2.53. The molecule has 2 saturated heterocycles. The van der Waals surface area contributed by atoms with Gasteiger partial charge in [-0.2, -0.15) is 0 Å². The number of benzene rings is 2. The second-order valence-corrected chi connectivity index (χ2v) is 6.96. The second-order valence-electron chi connectivity index (χ2n) is 6.96. The Morgan fingerprint density at radius 1 is 0.897 bits per heavy atom. The van der Waals surface area contributed by atoms with E-state index >= 15 is 0 Å².